The van der Waals surface area contributed by atoms with Crippen molar-refractivity contribution in [2.24, 2.45) is 7.05 Å². The molecule has 1 fully saturated rings. The second-order valence-corrected chi connectivity index (χ2v) is 13.0. The number of amides is 2. The first-order chi connectivity index (χ1) is 23.7. The van der Waals surface area contributed by atoms with Crippen LogP contribution in [-0.4, -0.2) is 42.8 Å². The third-order valence-corrected chi connectivity index (χ3v) is 8.31. The highest BCUT2D eigenvalue weighted by Crippen LogP contribution is 2.34. The van der Waals surface area contributed by atoms with Gasteiger partial charge in [0.25, 0.3) is 11.1 Å². The van der Waals surface area contributed by atoms with E-state index in [2.05, 4.69) is 27.8 Å². The molecule has 4 N–H and O–H groups in total. The molecule has 2 amide bonds. The van der Waals surface area contributed by atoms with Gasteiger partial charge in [0.1, 0.15) is 22.6 Å². The van der Waals surface area contributed by atoms with Gasteiger partial charge in [0.15, 0.2) is 0 Å². The summed E-state index contributed by atoms with van der Waals surface area (Å²) in [5.74, 6) is 4.15. The van der Waals surface area contributed by atoms with Gasteiger partial charge in [0.05, 0.1) is 16.9 Å². The number of halogens is 1. The van der Waals surface area contributed by atoms with Crippen molar-refractivity contribution in [1.82, 2.24) is 19.0 Å². The van der Waals surface area contributed by atoms with Gasteiger partial charge >= 0.3 is 5.69 Å². The number of hydrogen-bond acceptors (Lipinski definition) is 7. The molecule has 2 heterocycles. The molecule has 0 radical (unpaired) electrons. The molecule has 0 unspecified atom stereocenters. The minimum Gasteiger partial charge on any atom is -0.378 e. The second-order valence-electron chi connectivity index (χ2n) is 13.0. The third kappa shape index (κ3) is 7.87. The zero-order valence-corrected chi connectivity index (χ0v) is 28.8. The van der Waals surface area contributed by atoms with Gasteiger partial charge in [-0.2, -0.15) is 0 Å². The molecule has 262 valence electrons. The third-order valence-electron chi connectivity index (χ3n) is 8.31. The zero-order chi connectivity index (χ0) is 36.3. The Balaban J connectivity index is 1.59. The SMILES string of the molecule is CCCCC(=O)NCCC(=O)Nc1cccc(-n2c(=O)n(C3CC3)c(=O)c3c(Nc4ccc(C#CC(C)(C)O)cc4F)n(C)c(=O)c(C)c32)c1. The summed E-state index contributed by atoms with van der Waals surface area (Å²) in [5, 5.41) is 18.4. The Kier molecular flexibility index (Phi) is 10.4. The summed E-state index contributed by atoms with van der Waals surface area (Å²) in [7, 11) is 1.46. The summed E-state index contributed by atoms with van der Waals surface area (Å²) in [5.41, 5.74) is -1.96. The molecule has 50 heavy (non-hydrogen) atoms. The minimum absolute atomic E-state index is 0.00894. The fourth-order valence-electron chi connectivity index (χ4n) is 5.59. The van der Waals surface area contributed by atoms with Gasteiger partial charge in [-0.3, -0.25) is 32.9 Å². The maximum Gasteiger partial charge on any atom is 0.336 e. The summed E-state index contributed by atoms with van der Waals surface area (Å²) in [6.45, 7) is 6.69. The van der Waals surface area contributed by atoms with Crippen LogP contribution < -0.4 is 32.8 Å². The highest BCUT2D eigenvalue weighted by Gasteiger charge is 2.31. The summed E-state index contributed by atoms with van der Waals surface area (Å²) in [6, 6.07) is 10.2. The Labute approximate surface area is 287 Å². The van der Waals surface area contributed by atoms with Crippen LogP contribution >= 0.6 is 0 Å². The number of anilines is 3. The van der Waals surface area contributed by atoms with Gasteiger partial charge < -0.3 is 21.1 Å². The number of aryl methyl sites for hydroxylation is 1. The lowest BCUT2D eigenvalue weighted by Gasteiger charge is -2.21. The number of carbonyl (C=O) groups excluding carboxylic acids is 2. The largest absolute Gasteiger partial charge is 0.378 e. The molecule has 1 saturated carbocycles. The van der Waals surface area contributed by atoms with Crippen molar-refractivity contribution in [3.05, 3.63) is 90.6 Å². The van der Waals surface area contributed by atoms with Gasteiger partial charge in [0.2, 0.25) is 11.8 Å². The Hall–Kier alpha value is -5.48. The summed E-state index contributed by atoms with van der Waals surface area (Å²) < 4.78 is 19.1. The molecule has 13 heteroatoms. The van der Waals surface area contributed by atoms with Crippen molar-refractivity contribution in [1.29, 1.82) is 0 Å². The van der Waals surface area contributed by atoms with E-state index in [9.17, 15) is 29.1 Å². The van der Waals surface area contributed by atoms with Crippen molar-refractivity contribution < 1.29 is 19.1 Å². The van der Waals surface area contributed by atoms with Gasteiger partial charge in [-0.25, -0.2) is 9.18 Å². The zero-order valence-electron chi connectivity index (χ0n) is 28.8. The Bertz CT molecular complexity index is 2230. The number of rotatable bonds is 11. The normalized spacial score (nSPS) is 12.7. The number of pyridine rings is 1. The fraction of sp³-hybridized carbons (Fsp3) is 0.378. The van der Waals surface area contributed by atoms with Crippen LogP contribution in [0.15, 0.2) is 56.8 Å². The molecule has 2 aromatic carbocycles. The average Bonchev–Trinajstić information content (AvgIpc) is 3.89. The van der Waals surface area contributed by atoms with Crippen LogP contribution in [0.5, 0.6) is 0 Å². The van der Waals surface area contributed by atoms with Crippen molar-refractivity contribution in [3.8, 4) is 17.5 Å². The van der Waals surface area contributed by atoms with E-state index in [1.807, 2.05) is 6.92 Å². The topological polar surface area (TPSA) is 156 Å². The number of nitrogens with one attached hydrogen (secondary N) is 3. The maximum atomic E-state index is 15.4. The molecular weight excluding hydrogens is 643 g/mol. The number of carbonyl (C=O) groups is 2. The van der Waals surface area contributed by atoms with Gasteiger partial charge in [-0.05, 0) is 76.4 Å². The van der Waals surface area contributed by atoms with Crippen LogP contribution in [0.2, 0.25) is 0 Å². The molecule has 0 aliphatic heterocycles. The minimum atomic E-state index is -1.28. The number of aromatic nitrogens is 3. The summed E-state index contributed by atoms with van der Waals surface area (Å²) in [4.78, 5) is 66.6. The predicted octanol–water partition coefficient (Wildman–Crippen LogP) is 4.13. The molecule has 1 aliphatic carbocycles. The molecule has 0 bridgehead atoms. The van der Waals surface area contributed by atoms with Crippen molar-refractivity contribution in [3.63, 3.8) is 0 Å². The molecule has 1 aliphatic rings. The van der Waals surface area contributed by atoms with Crippen LogP contribution in [0.3, 0.4) is 0 Å². The van der Waals surface area contributed by atoms with Crippen molar-refractivity contribution in [2.45, 2.75) is 77.9 Å². The highest BCUT2D eigenvalue weighted by atomic mass is 19.1. The van der Waals surface area contributed by atoms with Crippen LogP contribution in [-0.2, 0) is 16.6 Å². The standard InChI is InChI=1S/C37H41FN6O6/c1-6-7-11-29(45)39-19-17-30(46)40-24-9-8-10-26(21-24)43-32-22(2)34(47)42(5)33(31(32)35(48)44(36(43)49)25-13-14-25)41-28-15-12-23(20-27(28)38)16-18-37(3,4)50/h8-10,12,15,20-21,25,41,50H,6-7,11,13-14,17,19H2,1-5H3,(H,39,45)(H,40,46). The van der Waals surface area contributed by atoms with Crippen molar-refractivity contribution in [2.75, 3.05) is 17.2 Å². The number of hydrogen-bond donors (Lipinski definition) is 4. The lowest BCUT2D eigenvalue weighted by Crippen LogP contribution is -2.41. The van der Waals surface area contributed by atoms with Crippen LogP contribution in [0.1, 0.15) is 76.5 Å². The first-order valence-corrected chi connectivity index (χ1v) is 16.6. The van der Waals surface area contributed by atoms with E-state index in [1.165, 1.54) is 55.2 Å². The number of nitrogens with zero attached hydrogens (tertiary/aromatic N) is 3. The van der Waals surface area contributed by atoms with E-state index >= 15 is 4.39 Å². The number of aliphatic hydroxyl groups is 1. The molecule has 4 aromatic rings. The smallest absolute Gasteiger partial charge is 0.336 e. The molecule has 2 aromatic heterocycles. The molecule has 5 rings (SSSR count). The van der Waals surface area contributed by atoms with E-state index in [1.54, 1.807) is 24.3 Å². The first kappa shape index (κ1) is 35.8. The number of fused-ring (bicyclic) bond motifs is 1. The highest BCUT2D eigenvalue weighted by molar-refractivity contribution is 5.94. The summed E-state index contributed by atoms with van der Waals surface area (Å²) >= 11 is 0. The number of unbranched alkanes of at least 4 members (excludes halogenated alkanes) is 1. The Morgan fingerprint density at radius 1 is 1.04 bits per heavy atom. The van der Waals surface area contributed by atoms with Crippen LogP contribution in [0.4, 0.5) is 21.6 Å². The molecule has 0 atom stereocenters. The average molecular weight is 685 g/mol. The number of benzene rings is 2. The van der Waals surface area contributed by atoms with E-state index < -0.39 is 28.2 Å². The monoisotopic (exact) mass is 684 g/mol. The van der Waals surface area contributed by atoms with E-state index in [-0.39, 0.29) is 58.8 Å². The molecule has 0 saturated heterocycles. The molecule has 0 spiro atoms. The summed E-state index contributed by atoms with van der Waals surface area (Å²) in [6.07, 6.45) is 3.31. The van der Waals surface area contributed by atoms with Gasteiger partial charge in [-0.1, -0.05) is 31.3 Å². The Morgan fingerprint density at radius 3 is 2.44 bits per heavy atom. The fourth-order valence-corrected chi connectivity index (χ4v) is 5.59. The van der Waals surface area contributed by atoms with E-state index in [0.717, 1.165) is 17.4 Å². The van der Waals surface area contributed by atoms with E-state index in [0.29, 0.717) is 36.2 Å². The lowest BCUT2D eigenvalue weighted by molar-refractivity contribution is -0.121. The lowest BCUT2D eigenvalue weighted by atomic mass is 10.1. The maximum absolute atomic E-state index is 15.4. The first-order valence-electron chi connectivity index (χ1n) is 16.6. The molecular formula is C37H41FN6O6. The molecule has 12 nitrogen and oxygen atoms in total. The quantitative estimate of drug-likeness (QED) is 0.173. The van der Waals surface area contributed by atoms with Gasteiger partial charge in [0, 0.05) is 49.3 Å². The van der Waals surface area contributed by atoms with E-state index in [4.69, 9.17) is 0 Å². The van der Waals surface area contributed by atoms with Crippen LogP contribution in [0, 0.1) is 24.6 Å². The Morgan fingerprint density at radius 2 is 1.78 bits per heavy atom. The van der Waals surface area contributed by atoms with Gasteiger partial charge in [-0.15, -0.1) is 0 Å². The second kappa shape index (κ2) is 14.6. The van der Waals surface area contributed by atoms with Crippen LogP contribution in [0.25, 0.3) is 16.6 Å². The van der Waals surface area contributed by atoms with Crippen molar-refractivity contribution >= 4 is 39.9 Å². The predicted molar refractivity (Wildman–Crippen MR) is 191 cm³/mol.